The zero-order valence-electron chi connectivity index (χ0n) is 13.8. The minimum absolute atomic E-state index is 0. The summed E-state index contributed by atoms with van der Waals surface area (Å²) in [5.41, 5.74) is 7.19. The number of anilines is 1. The average Bonchev–Trinajstić information content (AvgIpc) is 2.84. The maximum absolute atomic E-state index is 12.0. The van der Waals surface area contributed by atoms with Crippen molar-refractivity contribution < 1.29 is 13.2 Å². The number of hydrogen-bond donors (Lipinski definition) is 2. The second-order valence-electron chi connectivity index (χ2n) is 5.55. The summed E-state index contributed by atoms with van der Waals surface area (Å²) in [6.45, 7) is 1.83. The van der Waals surface area contributed by atoms with Crippen LogP contribution in [0.3, 0.4) is 0 Å². The fourth-order valence-electron chi connectivity index (χ4n) is 2.09. The SMILES string of the molecule is Cc1cc(NC(=O)C(N)CCS(C)(=O)=O)nn1-c1ccccc1Cl.Cl. The number of carbonyl (C=O) groups excluding carboxylic acids is 1. The van der Waals surface area contributed by atoms with Crippen molar-refractivity contribution in [2.75, 3.05) is 17.3 Å². The Morgan fingerprint density at radius 3 is 2.64 bits per heavy atom. The first kappa shape index (κ1) is 21.4. The summed E-state index contributed by atoms with van der Waals surface area (Å²) in [5.74, 6) is -0.302. The molecular weight excluding hydrogens is 387 g/mol. The van der Waals surface area contributed by atoms with Crippen LogP contribution in [0.25, 0.3) is 5.69 Å². The summed E-state index contributed by atoms with van der Waals surface area (Å²) in [5, 5.41) is 7.43. The molecule has 0 spiro atoms. The number of amides is 1. The van der Waals surface area contributed by atoms with Gasteiger partial charge in [0.2, 0.25) is 5.91 Å². The number of nitrogens with one attached hydrogen (secondary N) is 1. The summed E-state index contributed by atoms with van der Waals surface area (Å²) >= 11 is 6.16. The van der Waals surface area contributed by atoms with Gasteiger partial charge in [0.25, 0.3) is 0 Å². The van der Waals surface area contributed by atoms with E-state index in [1.165, 1.54) is 0 Å². The zero-order valence-corrected chi connectivity index (χ0v) is 16.2. The van der Waals surface area contributed by atoms with Gasteiger partial charge in [0.1, 0.15) is 9.84 Å². The van der Waals surface area contributed by atoms with Crippen LogP contribution >= 0.6 is 24.0 Å². The molecule has 1 unspecified atom stereocenters. The number of nitrogens with two attached hydrogens (primary N) is 1. The number of aryl methyl sites for hydroxylation is 1. The molecule has 3 N–H and O–H groups in total. The van der Waals surface area contributed by atoms with Crippen molar-refractivity contribution in [3.05, 3.63) is 41.0 Å². The number of nitrogens with zero attached hydrogens (tertiary/aromatic N) is 2. The number of para-hydroxylation sites is 1. The molecule has 138 valence electrons. The summed E-state index contributed by atoms with van der Waals surface area (Å²) in [6.07, 6.45) is 1.15. The fourth-order valence-corrected chi connectivity index (χ4v) is 2.99. The molecule has 0 aliphatic heterocycles. The van der Waals surface area contributed by atoms with Crippen LogP contribution in [0.15, 0.2) is 30.3 Å². The second kappa shape index (κ2) is 8.66. The van der Waals surface area contributed by atoms with E-state index in [2.05, 4.69) is 10.4 Å². The van der Waals surface area contributed by atoms with Crippen LogP contribution in [0.2, 0.25) is 5.02 Å². The monoisotopic (exact) mass is 406 g/mol. The third-order valence-electron chi connectivity index (χ3n) is 3.36. The van der Waals surface area contributed by atoms with Gasteiger partial charge in [-0.05, 0) is 25.5 Å². The minimum atomic E-state index is -3.16. The molecule has 1 aromatic heterocycles. The van der Waals surface area contributed by atoms with E-state index in [1.54, 1.807) is 16.8 Å². The molecule has 1 aromatic carbocycles. The number of rotatable bonds is 6. The van der Waals surface area contributed by atoms with Crippen molar-refractivity contribution in [2.24, 2.45) is 5.73 Å². The van der Waals surface area contributed by atoms with E-state index in [0.29, 0.717) is 16.5 Å². The highest BCUT2D eigenvalue weighted by molar-refractivity contribution is 7.90. The van der Waals surface area contributed by atoms with Gasteiger partial charge in [0.05, 0.1) is 22.5 Å². The largest absolute Gasteiger partial charge is 0.320 e. The van der Waals surface area contributed by atoms with Crippen LogP contribution in [0.5, 0.6) is 0 Å². The van der Waals surface area contributed by atoms with Gasteiger partial charge in [-0.1, -0.05) is 23.7 Å². The van der Waals surface area contributed by atoms with E-state index in [9.17, 15) is 13.2 Å². The Labute approximate surface area is 157 Å². The first-order chi connectivity index (χ1) is 11.2. The second-order valence-corrected chi connectivity index (χ2v) is 8.22. The molecule has 0 saturated carbocycles. The Morgan fingerprint density at radius 2 is 2.04 bits per heavy atom. The molecule has 25 heavy (non-hydrogen) atoms. The molecule has 0 saturated heterocycles. The van der Waals surface area contributed by atoms with E-state index < -0.39 is 21.8 Å². The Hall–Kier alpha value is -1.61. The van der Waals surface area contributed by atoms with E-state index in [0.717, 1.165) is 11.9 Å². The summed E-state index contributed by atoms with van der Waals surface area (Å²) < 4.78 is 23.9. The number of sulfone groups is 1. The smallest absolute Gasteiger partial charge is 0.242 e. The Kier molecular flexibility index (Phi) is 7.43. The first-order valence-corrected chi connectivity index (χ1v) is 9.67. The fraction of sp³-hybridized carbons (Fsp3) is 0.333. The van der Waals surface area contributed by atoms with Crippen molar-refractivity contribution in [1.82, 2.24) is 9.78 Å². The lowest BCUT2D eigenvalue weighted by Gasteiger charge is -2.10. The molecule has 0 aliphatic carbocycles. The van der Waals surface area contributed by atoms with Gasteiger partial charge in [0, 0.05) is 18.0 Å². The Balaban J connectivity index is 0.00000312. The highest BCUT2D eigenvalue weighted by Gasteiger charge is 2.18. The Morgan fingerprint density at radius 1 is 1.40 bits per heavy atom. The third-order valence-corrected chi connectivity index (χ3v) is 4.65. The summed E-state index contributed by atoms with van der Waals surface area (Å²) in [4.78, 5) is 12.0. The molecule has 0 radical (unpaired) electrons. The Bertz CT molecular complexity index is 852. The quantitative estimate of drug-likeness (QED) is 0.761. The molecule has 2 aromatic rings. The van der Waals surface area contributed by atoms with Gasteiger partial charge in [0.15, 0.2) is 5.82 Å². The molecule has 1 atom stereocenters. The van der Waals surface area contributed by atoms with Crippen molar-refractivity contribution in [2.45, 2.75) is 19.4 Å². The summed E-state index contributed by atoms with van der Waals surface area (Å²) in [7, 11) is -3.16. The molecule has 7 nitrogen and oxygen atoms in total. The standard InChI is InChI=1S/C15H19ClN4O3S.ClH/c1-10-9-14(18-15(21)12(17)7-8-24(2,22)23)19-20(10)13-6-4-3-5-11(13)16;/h3-6,9,12H,7-8,17H2,1-2H3,(H,18,19,21);1H. The van der Waals surface area contributed by atoms with Gasteiger partial charge in [-0.2, -0.15) is 0 Å². The number of halogens is 2. The number of hydrogen-bond acceptors (Lipinski definition) is 5. The van der Waals surface area contributed by atoms with Crippen LogP contribution in [-0.4, -0.2) is 42.2 Å². The number of carbonyl (C=O) groups is 1. The number of aromatic nitrogens is 2. The molecule has 2 rings (SSSR count). The van der Waals surface area contributed by atoms with Crippen LogP contribution in [0.1, 0.15) is 12.1 Å². The molecule has 0 aliphatic rings. The predicted molar refractivity (Wildman–Crippen MR) is 101 cm³/mol. The highest BCUT2D eigenvalue weighted by atomic mass is 35.5. The van der Waals surface area contributed by atoms with Crippen LogP contribution < -0.4 is 11.1 Å². The molecule has 0 bridgehead atoms. The first-order valence-electron chi connectivity index (χ1n) is 7.23. The van der Waals surface area contributed by atoms with Crippen LogP contribution in [-0.2, 0) is 14.6 Å². The highest BCUT2D eigenvalue weighted by Crippen LogP contribution is 2.22. The maximum Gasteiger partial charge on any atom is 0.242 e. The zero-order chi connectivity index (χ0) is 17.9. The third kappa shape index (κ3) is 6.00. The lowest BCUT2D eigenvalue weighted by atomic mass is 10.2. The van der Waals surface area contributed by atoms with Crippen molar-refractivity contribution in [3.8, 4) is 5.69 Å². The summed E-state index contributed by atoms with van der Waals surface area (Å²) in [6, 6.07) is 7.97. The van der Waals surface area contributed by atoms with Crippen molar-refractivity contribution >= 4 is 45.6 Å². The topological polar surface area (TPSA) is 107 Å². The molecule has 1 heterocycles. The van der Waals surface area contributed by atoms with Gasteiger partial charge in [-0.3, -0.25) is 4.79 Å². The number of benzene rings is 1. The van der Waals surface area contributed by atoms with Gasteiger partial charge in [-0.25, -0.2) is 13.1 Å². The molecule has 1 amide bonds. The van der Waals surface area contributed by atoms with Crippen LogP contribution in [0, 0.1) is 6.92 Å². The van der Waals surface area contributed by atoms with Gasteiger partial charge < -0.3 is 11.1 Å². The molecule has 10 heteroatoms. The molecular formula is C15H20Cl2N4O3S. The van der Waals surface area contributed by atoms with Crippen molar-refractivity contribution in [3.63, 3.8) is 0 Å². The van der Waals surface area contributed by atoms with E-state index in [4.69, 9.17) is 17.3 Å². The van der Waals surface area contributed by atoms with Gasteiger partial charge in [-0.15, -0.1) is 17.5 Å². The van der Waals surface area contributed by atoms with E-state index in [-0.39, 0.29) is 24.6 Å². The van der Waals surface area contributed by atoms with E-state index in [1.807, 2.05) is 25.1 Å². The lowest BCUT2D eigenvalue weighted by Crippen LogP contribution is -2.37. The predicted octanol–water partition coefficient (Wildman–Crippen LogP) is 1.96. The molecule has 0 fully saturated rings. The van der Waals surface area contributed by atoms with Crippen molar-refractivity contribution in [1.29, 1.82) is 0 Å². The van der Waals surface area contributed by atoms with Gasteiger partial charge >= 0.3 is 0 Å². The average molecular weight is 407 g/mol. The maximum atomic E-state index is 12.0. The van der Waals surface area contributed by atoms with Crippen LogP contribution in [0.4, 0.5) is 5.82 Å². The lowest BCUT2D eigenvalue weighted by molar-refractivity contribution is -0.117. The van der Waals surface area contributed by atoms with E-state index >= 15 is 0 Å². The normalized spacial score (nSPS) is 12.3. The minimum Gasteiger partial charge on any atom is -0.320 e.